The third-order valence-corrected chi connectivity index (χ3v) is 4.48. The highest BCUT2D eigenvalue weighted by Crippen LogP contribution is 2.14. The number of hydrogen-bond donors (Lipinski definition) is 4. The van der Waals surface area contributed by atoms with Crippen molar-refractivity contribution in [3.05, 3.63) is 53.8 Å². The van der Waals surface area contributed by atoms with Crippen molar-refractivity contribution in [1.29, 1.82) is 0 Å². The van der Waals surface area contributed by atoms with Gasteiger partial charge in [-0.15, -0.1) is 11.8 Å². The second kappa shape index (κ2) is 12.3. The number of aryl methyl sites for hydroxylation is 1. The fraction of sp³-hybridized carbons (Fsp3) is 0.412. The molecule has 6 nitrogen and oxygen atoms in total. The molecule has 7 N–H and O–H groups in total. The lowest BCUT2D eigenvalue weighted by Crippen LogP contribution is -2.14. The molecule has 0 fully saturated rings. The van der Waals surface area contributed by atoms with Crippen molar-refractivity contribution in [2.24, 2.45) is 22.4 Å². The van der Waals surface area contributed by atoms with E-state index in [1.54, 1.807) is 24.9 Å². The van der Waals surface area contributed by atoms with Crippen LogP contribution in [0.1, 0.15) is 31.2 Å². The molecule has 0 bridgehead atoms. The minimum absolute atomic E-state index is 0.598. The molecule has 0 radical (unpaired) electrons. The van der Waals surface area contributed by atoms with Gasteiger partial charge < -0.3 is 22.6 Å². The number of rotatable bonds is 10. The van der Waals surface area contributed by atoms with E-state index in [4.69, 9.17) is 17.3 Å². The summed E-state index contributed by atoms with van der Waals surface area (Å²) in [5.74, 6) is 7.05. The number of unbranched alkanes of at least 4 members (excludes halogenated alkanes) is 1. The molecule has 1 rings (SSSR count). The molecule has 132 valence electrons. The average molecular weight is 349 g/mol. The van der Waals surface area contributed by atoms with Crippen LogP contribution < -0.4 is 22.6 Å². The molecule has 24 heavy (non-hydrogen) atoms. The molecule has 0 unspecified atom stereocenters. The molecule has 0 aromatic carbocycles. The van der Waals surface area contributed by atoms with Crippen molar-refractivity contribution in [2.75, 3.05) is 12.8 Å². The predicted molar refractivity (Wildman–Crippen MR) is 104 cm³/mol. The summed E-state index contributed by atoms with van der Waals surface area (Å²) in [4.78, 5) is 4.02. The highest BCUT2D eigenvalue weighted by Gasteiger charge is 2.02. The normalized spacial score (nSPS) is 13.1. The molecule has 0 saturated heterocycles. The number of allylic oxidation sites excluding steroid dienone is 3. The van der Waals surface area contributed by atoms with E-state index in [1.807, 2.05) is 30.6 Å². The van der Waals surface area contributed by atoms with Crippen LogP contribution in [0.3, 0.4) is 0 Å². The van der Waals surface area contributed by atoms with Gasteiger partial charge in [-0.3, -0.25) is 4.98 Å². The van der Waals surface area contributed by atoms with Gasteiger partial charge in [-0.2, -0.15) is 5.10 Å². The number of hydrogen-bond acceptors (Lipinski definition) is 7. The van der Waals surface area contributed by atoms with Crippen LogP contribution in [0.4, 0.5) is 0 Å². The Morgan fingerprint density at radius 3 is 2.58 bits per heavy atom. The molecule has 1 heterocycles. The highest BCUT2D eigenvalue weighted by molar-refractivity contribution is 8.13. The molecule has 1 aromatic rings. The van der Waals surface area contributed by atoms with Crippen LogP contribution in [0.2, 0.25) is 0 Å². The Morgan fingerprint density at radius 2 is 1.92 bits per heavy atom. The quantitative estimate of drug-likeness (QED) is 0.128. The van der Waals surface area contributed by atoms with Crippen molar-refractivity contribution in [2.45, 2.75) is 32.1 Å². The zero-order chi connectivity index (χ0) is 17.6. The molecule has 0 aliphatic rings. The smallest absolute Gasteiger partial charge is 0.0958 e. The van der Waals surface area contributed by atoms with Gasteiger partial charge in [-0.05, 0) is 62.0 Å². The van der Waals surface area contributed by atoms with E-state index in [2.05, 4.69) is 15.4 Å². The first-order valence-electron chi connectivity index (χ1n) is 8.03. The predicted octanol–water partition coefficient (Wildman–Crippen LogP) is 2.05. The summed E-state index contributed by atoms with van der Waals surface area (Å²) in [6.45, 7) is 0. The van der Waals surface area contributed by atoms with Gasteiger partial charge in [0.05, 0.1) is 10.9 Å². The summed E-state index contributed by atoms with van der Waals surface area (Å²) in [6, 6.07) is 4.06. The summed E-state index contributed by atoms with van der Waals surface area (Å²) in [6.07, 6.45) is 12.0. The standard InChI is InChI=1S/C17H28N6S/c1-21-16(19)7-6-15(18)4-2-3-5-17(23-20)24-13-10-14-8-11-22-12-9-14/h6-9,11-12,21H,2-5,10,13,18-20H2,1H3/b15-6-,16-7+,23-17-. The largest absolute Gasteiger partial charge is 0.402 e. The van der Waals surface area contributed by atoms with Crippen LogP contribution in [-0.4, -0.2) is 22.8 Å². The van der Waals surface area contributed by atoms with E-state index in [0.717, 1.165) is 48.6 Å². The Labute approximate surface area is 148 Å². The maximum atomic E-state index is 5.94. The monoisotopic (exact) mass is 348 g/mol. The summed E-state index contributed by atoms with van der Waals surface area (Å²) in [5, 5.41) is 7.73. The molecule has 7 heteroatoms. The van der Waals surface area contributed by atoms with Crippen LogP contribution in [0.15, 0.2) is 53.3 Å². The van der Waals surface area contributed by atoms with Crippen molar-refractivity contribution >= 4 is 16.8 Å². The second-order valence-corrected chi connectivity index (χ2v) is 6.47. The Bertz CT molecular complexity index is 553. The fourth-order valence-electron chi connectivity index (χ4n) is 1.98. The van der Waals surface area contributed by atoms with Gasteiger partial charge in [0, 0.05) is 30.9 Å². The Balaban J connectivity index is 2.20. The molecular weight excluding hydrogens is 320 g/mol. The van der Waals surface area contributed by atoms with Crippen molar-refractivity contribution in [1.82, 2.24) is 10.3 Å². The molecule has 0 saturated carbocycles. The second-order valence-electron chi connectivity index (χ2n) is 5.30. The molecule has 1 aromatic heterocycles. The molecule has 0 spiro atoms. The molecule has 0 amide bonds. The summed E-state index contributed by atoms with van der Waals surface area (Å²) in [5.41, 5.74) is 13.7. The zero-order valence-electron chi connectivity index (χ0n) is 14.2. The van der Waals surface area contributed by atoms with E-state index >= 15 is 0 Å². The van der Waals surface area contributed by atoms with Crippen molar-refractivity contribution in [3.8, 4) is 0 Å². The summed E-state index contributed by atoms with van der Waals surface area (Å²) >= 11 is 1.72. The summed E-state index contributed by atoms with van der Waals surface area (Å²) in [7, 11) is 1.77. The maximum Gasteiger partial charge on any atom is 0.0958 e. The average Bonchev–Trinajstić information content (AvgIpc) is 2.62. The van der Waals surface area contributed by atoms with E-state index in [9.17, 15) is 0 Å². The topological polar surface area (TPSA) is 115 Å². The number of nitrogens with two attached hydrogens (primary N) is 3. The number of thioether (sulfide) groups is 1. The molecule has 0 aliphatic carbocycles. The minimum Gasteiger partial charge on any atom is -0.402 e. The lowest BCUT2D eigenvalue weighted by Gasteiger charge is -2.06. The zero-order valence-corrected chi connectivity index (χ0v) is 15.1. The van der Waals surface area contributed by atoms with Gasteiger partial charge in [0.15, 0.2) is 0 Å². The summed E-state index contributed by atoms with van der Waals surface area (Å²) < 4.78 is 0. The maximum absolute atomic E-state index is 5.94. The third kappa shape index (κ3) is 9.09. The molecule has 0 atom stereocenters. The minimum atomic E-state index is 0.598. The number of pyridine rings is 1. The van der Waals surface area contributed by atoms with Crippen molar-refractivity contribution < 1.29 is 0 Å². The van der Waals surface area contributed by atoms with Crippen LogP contribution in [0, 0.1) is 0 Å². The third-order valence-electron chi connectivity index (χ3n) is 3.42. The lowest BCUT2D eigenvalue weighted by atomic mass is 10.1. The first kappa shape index (κ1) is 19.9. The molecular formula is C17H28N6S. The number of nitrogens with one attached hydrogen (secondary N) is 1. The van der Waals surface area contributed by atoms with Crippen LogP contribution in [-0.2, 0) is 6.42 Å². The molecule has 0 aliphatic heterocycles. The van der Waals surface area contributed by atoms with Crippen LogP contribution >= 0.6 is 11.8 Å². The number of nitrogens with zero attached hydrogens (tertiary/aromatic N) is 2. The first-order valence-corrected chi connectivity index (χ1v) is 9.02. The fourth-order valence-corrected chi connectivity index (χ4v) is 2.92. The van der Waals surface area contributed by atoms with Crippen molar-refractivity contribution in [3.63, 3.8) is 0 Å². The van der Waals surface area contributed by atoms with Gasteiger partial charge in [0.25, 0.3) is 0 Å². The van der Waals surface area contributed by atoms with Gasteiger partial charge in [-0.25, -0.2) is 0 Å². The first-order chi connectivity index (χ1) is 11.7. The van der Waals surface area contributed by atoms with E-state index < -0.39 is 0 Å². The van der Waals surface area contributed by atoms with Crippen LogP contribution in [0.25, 0.3) is 0 Å². The van der Waals surface area contributed by atoms with Gasteiger partial charge in [0.2, 0.25) is 0 Å². The van der Waals surface area contributed by atoms with Gasteiger partial charge >= 0.3 is 0 Å². The van der Waals surface area contributed by atoms with E-state index in [1.165, 1.54) is 5.56 Å². The van der Waals surface area contributed by atoms with Crippen LogP contribution in [0.5, 0.6) is 0 Å². The highest BCUT2D eigenvalue weighted by atomic mass is 32.2. The van der Waals surface area contributed by atoms with Gasteiger partial charge in [-0.1, -0.05) is 0 Å². The number of hydrazone groups is 1. The number of aromatic nitrogens is 1. The Kier molecular flexibility index (Phi) is 10.2. The van der Waals surface area contributed by atoms with E-state index in [0.29, 0.717) is 5.82 Å². The van der Waals surface area contributed by atoms with E-state index in [-0.39, 0.29) is 0 Å². The lowest BCUT2D eigenvalue weighted by molar-refractivity contribution is 0.752. The Morgan fingerprint density at radius 1 is 1.21 bits per heavy atom. The Hall–Kier alpha value is -2.15. The SMILES string of the molecule is CN/C(N)=C/C=C(\N)CCCC/C(=N/N)SCCc1ccncc1. The van der Waals surface area contributed by atoms with Gasteiger partial charge in [0.1, 0.15) is 0 Å².